The van der Waals surface area contributed by atoms with E-state index in [0.717, 1.165) is 29.1 Å². The van der Waals surface area contributed by atoms with E-state index in [-0.39, 0.29) is 0 Å². The molecule has 1 heterocycles. The van der Waals surface area contributed by atoms with Gasteiger partial charge in [-0.25, -0.2) is 4.57 Å². The van der Waals surface area contributed by atoms with Gasteiger partial charge in [-0.3, -0.25) is 10.2 Å². The first-order chi connectivity index (χ1) is 10.6. The van der Waals surface area contributed by atoms with Crippen molar-refractivity contribution in [1.82, 2.24) is 0 Å². The van der Waals surface area contributed by atoms with Crippen molar-refractivity contribution in [3.8, 4) is 5.75 Å². The fourth-order valence-electron chi connectivity index (χ4n) is 2.23. The minimum atomic E-state index is -3.15. The minimum Gasteiger partial charge on any atom is -0.414 e. The first-order valence-electron chi connectivity index (χ1n) is 7.28. The summed E-state index contributed by atoms with van der Waals surface area (Å²) < 4.78 is 18.5. The Morgan fingerprint density at radius 3 is 2.73 bits per heavy atom. The van der Waals surface area contributed by atoms with E-state index in [2.05, 4.69) is 17.1 Å². The van der Waals surface area contributed by atoms with Gasteiger partial charge in [0.25, 0.3) is 0 Å². The first kappa shape index (κ1) is 15.3. The number of hydrogen-bond acceptors (Lipinski definition) is 3. The number of thioether (sulfide) groups is 1. The van der Waals surface area contributed by atoms with Gasteiger partial charge in [0, 0.05) is 4.90 Å². The molecule has 0 spiro atoms. The summed E-state index contributed by atoms with van der Waals surface area (Å²) in [6.45, 7) is 4.13. The molecule has 1 aliphatic rings. The summed E-state index contributed by atoms with van der Waals surface area (Å²) in [4.78, 5) is 1.17. The summed E-state index contributed by atoms with van der Waals surface area (Å²) in [6, 6.07) is 13.5. The number of fused-ring (bicyclic) bond motifs is 1. The molecule has 6 heteroatoms. The Hall–Kier alpha value is -1.58. The van der Waals surface area contributed by atoms with Crippen LogP contribution in [0.4, 0.5) is 11.4 Å². The monoisotopic (exact) mass is 334 g/mol. The van der Waals surface area contributed by atoms with Gasteiger partial charge in [-0.1, -0.05) is 19.1 Å². The van der Waals surface area contributed by atoms with E-state index in [1.807, 2.05) is 49.4 Å². The smallest absolute Gasteiger partial charge is 0.414 e. The van der Waals surface area contributed by atoms with Crippen LogP contribution in [0, 0.1) is 6.92 Å². The summed E-state index contributed by atoms with van der Waals surface area (Å²) in [6.07, 6.45) is 1.13. The topological polar surface area (TPSA) is 50.4 Å². The van der Waals surface area contributed by atoms with Crippen LogP contribution in [0.5, 0.6) is 5.75 Å². The molecular formula is C16H19N2O2PS. The molecule has 0 fully saturated rings. The zero-order valence-electron chi connectivity index (χ0n) is 12.6. The van der Waals surface area contributed by atoms with Gasteiger partial charge in [-0.15, -0.1) is 11.8 Å². The number of hydrogen-bond donors (Lipinski definition) is 2. The van der Waals surface area contributed by atoms with Crippen LogP contribution in [0.1, 0.15) is 18.9 Å². The van der Waals surface area contributed by atoms with Gasteiger partial charge >= 0.3 is 7.67 Å². The fourth-order valence-corrected chi connectivity index (χ4v) is 4.61. The SMILES string of the molecule is CCCSc1ccc2c(c1)NP(=O)(Oc1cccc(C)c1)N2. The van der Waals surface area contributed by atoms with Crippen molar-refractivity contribution in [2.24, 2.45) is 0 Å². The van der Waals surface area contributed by atoms with Crippen molar-refractivity contribution in [3.05, 3.63) is 48.0 Å². The first-order valence-corrected chi connectivity index (χ1v) is 9.89. The lowest BCUT2D eigenvalue weighted by molar-refractivity contribution is 0.494. The molecule has 0 saturated heterocycles. The molecule has 0 aliphatic carbocycles. The third-order valence-corrected chi connectivity index (χ3v) is 5.96. The van der Waals surface area contributed by atoms with Crippen molar-refractivity contribution >= 4 is 30.8 Å². The van der Waals surface area contributed by atoms with Crippen LogP contribution in [0.2, 0.25) is 0 Å². The molecule has 116 valence electrons. The summed E-state index contributed by atoms with van der Waals surface area (Å²) in [5, 5.41) is 5.98. The van der Waals surface area contributed by atoms with E-state index in [1.54, 1.807) is 11.8 Å². The second kappa shape index (κ2) is 6.27. The molecule has 2 N–H and O–H groups in total. The molecule has 4 nitrogen and oxygen atoms in total. The Kier molecular flexibility index (Phi) is 4.37. The van der Waals surface area contributed by atoms with Crippen LogP contribution in [0.15, 0.2) is 47.4 Å². The van der Waals surface area contributed by atoms with Crippen molar-refractivity contribution in [2.75, 3.05) is 15.9 Å². The maximum Gasteiger partial charge on any atom is 0.444 e. The fraction of sp³-hybridized carbons (Fsp3) is 0.250. The number of rotatable bonds is 5. The molecular weight excluding hydrogens is 315 g/mol. The third kappa shape index (κ3) is 3.42. The lowest BCUT2D eigenvalue weighted by Gasteiger charge is -2.14. The minimum absolute atomic E-state index is 0.594. The highest BCUT2D eigenvalue weighted by molar-refractivity contribution is 7.99. The zero-order chi connectivity index (χ0) is 15.6. The van der Waals surface area contributed by atoms with Crippen LogP contribution in [0.3, 0.4) is 0 Å². The molecule has 0 radical (unpaired) electrons. The van der Waals surface area contributed by atoms with E-state index in [9.17, 15) is 4.57 Å². The standard InChI is InChI=1S/C16H19N2O2PS/c1-3-9-22-14-7-8-15-16(11-14)18-21(19,17-15)20-13-6-4-5-12(2)10-13/h4-8,10-11H,3,9H2,1-2H3,(H2,17,18,19). The Morgan fingerprint density at radius 2 is 1.95 bits per heavy atom. The molecule has 1 aliphatic heterocycles. The van der Waals surface area contributed by atoms with Crippen LogP contribution < -0.4 is 14.7 Å². The van der Waals surface area contributed by atoms with Gasteiger partial charge in [0.15, 0.2) is 0 Å². The Morgan fingerprint density at radius 1 is 1.14 bits per heavy atom. The second-order valence-electron chi connectivity index (χ2n) is 5.24. The third-order valence-electron chi connectivity index (χ3n) is 3.22. The highest BCUT2D eigenvalue weighted by atomic mass is 32.2. The molecule has 1 unspecified atom stereocenters. The van der Waals surface area contributed by atoms with Crippen molar-refractivity contribution < 1.29 is 9.09 Å². The van der Waals surface area contributed by atoms with E-state index < -0.39 is 7.67 Å². The lowest BCUT2D eigenvalue weighted by atomic mass is 10.2. The molecule has 0 saturated carbocycles. The largest absolute Gasteiger partial charge is 0.444 e. The number of nitrogens with one attached hydrogen (secondary N) is 2. The average Bonchev–Trinajstić information content (AvgIpc) is 2.80. The number of benzene rings is 2. The van der Waals surface area contributed by atoms with Crippen molar-refractivity contribution in [1.29, 1.82) is 0 Å². The molecule has 2 aromatic rings. The molecule has 2 aromatic carbocycles. The van der Waals surface area contributed by atoms with Gasteiger partial charge in [-0.05, 0) is 55.0 Å². The second-order valence-corrected chi connectivity index (χ2v) is 8.14. The van der Waals surface area contributed by atoms with Gasteiger partial charge in [0.05, 0.1) is 11.4 Å². The highest BCUT2D eigenvalue weighted by Gasteiger charge is 2.33. The summed E-state index contributed by atoms with van der Waals surface area (Å²) >= 11 is 1.79. The molecule has 0 amide bonds. The molecule has 0 aromatic heterocycles. The van der Waals surface area contributed by atoms with E-state index in [4.69, 9.17) is 4.52 Å². The highest BCUT2D eigenvalue weighted by Crippen LogP contribution is 2.55. The van der Waals surface area contributed by atoms with Gasteiger partial charge in [0.1, 0.15) is 5.75 Å². The molecule has 22 heavy (non-hydrogen) atoms. The molecule has 3 rings (SSSR count). The average molecular weight is 334 g/mol. The van der Waals surface area contributed by atoms with Gasteiger partial charge in [-0.2, -0.15) is 0 Å². The van der Waals surface area contributed by atoms with Crippen LogP contribution in [-0.2, 0) is 4.57 Å². The number of anilines is 2. The number of aryl methyl sites for hydroxylation is 1. The van der Waals surface area contributed by atoms with Crippen LogP contribution in [0.25, 0.3) is 0 Å². The summed E-state index contributed by atoms with van der Waals surface area (Å²) in [5.74, 6) is 1.67. The maximum atomic E-state index is 12.8. The van der Waals surface area contributed by atoms with Crippen molar-refractivity contribution in [2.45, 2.75) is 25.2 Å². The van der Waals surface area contributed by atoms with Gasteiger partial charge in [0.2, 0.25) is 0 Å². The Balaban J connectivity index is 1.76. The maximum absolute atomic E-state index is 12.8. The van der Waals surface area contributed by atoms with Crippen molar-refractivity contribution in [3.63, 3.8) is 0 Å². The predicted molar refractivity (Wildman–Crippen MR) is 94.1 cm³/mol. The van der Waals surface area contributed by atoms with E-state index in [0.29, 0.717) is 5.75 Å². The molecule has 0 bridgehead atoms. The zero-order valence-corrected chi connectivity index (χ0v) is 14.3. The molecule has 1 atom stereocenters. The van der Waals surface area contributed by atoms with Crippen LogP contribution >= 0.6 is 19.4 Å². The van der Waals surface area contributed by atoms with E-state index in [1.165, 1.54) is 4.90 Å². The van der Waals surface area contributed by atoms with E-state index >= 15 is 0 Å². The Labute approximate surface area is 135 Å². The predicted octanol–water partition coefficient (Wildman–Crippen LogP) is 5.52. The quantitative estimate of drug-likeness (QED) is 0.557. The van der Waals surface area contributed by atoms with Crippen LogP contribution in [-0.4, -0.2) is 5.75 Å². The lowest BCUT2D eigenvalue weighted by Crippen LogP contribution is -2.04. The summed E-state index contributed by atoms with van der Waals surface area (Å²) in [5.41, 5.74) is 2.72. The normalized spacial score (nSPS) is 19.2. The summed E-state index contributed by atoms with van der Waals surface area (Å²) in [7, 11) is -3.15. The Bertz CT molecular complexity index is 736. The van der Waals surface area contributed by atoms with Gasteiger partial charge < -0.3 is 4.52 Å².